The van der Waals surface area contributed by atoms with Gasteiger partial charge in [-0.2, -0.15) is 4.98 Å². The van der Waals surface area contributed by atoms with Gasteiger partial charge in [0.15, 0.2) is 0 Å². The Balaban J connectivity index is 1.26. The second-order valence-corrected chi connectivity index (χ2v) is 8.20. The monoisotopic (exact) mass is 471 g/mol. The van der Waals surface area contributed by atoms with Crippen molar-refractivity contribution in [1.82, 2.24) is 10.1 Å². The Kier molecular flexibility index (Phi) is 6.34. The molecular formula is C27H25N3O5. The lowest BCUT2D eigenvalue weighted by molar-refractivity contribution is -0.117. The van der Waals surface area contributed by atoms with Crippen LogP contribution in [0.1, 0.15) is 23.8 Å². The van der Waals surface area contributed by atoms with E-state index in [2.05, 4.69) is 10.1 Å². The summed E-state index contributed by atoms with van der Waals surface area (Å²) in [7, 11) is 3.16. The van der Waals surface area contributed by atoms with Crippen molar-refractivity contribution in [1.29, 1.82) is 0 Å². The van der Waals surface area contributed by atoms with Crippen molar-refractivity contribution >= 4 is 11.6 Å². The van der Waals surface area contributed by atoms with Gasteiger partial charge in [-0.3, -0.25) is 4.79 Å². The van der Waals surface area contributed by atoms with Crippen LogP contribution in [-0.4, -0.2) is 36.8 Å². The van der Waals surface area contributed by atoms with Crippen LogP contribution in [0.3, 0.4) is 0 Å². The van der Waals surface area contributed by atoms with Crippen LogP contribution in [0.15, 0.2) is 77.3 Å². The largest absolute Gasteiger partial charge is 0.497 e. The van der Waals surface area contributed by atoms with E-state index in [1.165, 1.54) is 0 Å². The number of rotatable bonds is 8. The Morgan fingerprint density at radius 2 is 1.74 bits per heavy atom. The van der Waals surface area contributed by atoms with E-state index in [0.717, 1.165) is 16.9 Å². The highest BCUT2D eigenvalue weighted by atomic mass is 16.5. The van der Waals surface area contributed by atoms with Gasteiger partial charge in [-0.05, 0) is 42.0 Å². The van der Waals surface area contributed by atoms with Crippen LogP contribution < -0.4 is 19.1 Å². The van der Waals surface area contributed by atoms with Gasteiger partial charge in [0, 0.05) is 24.6 Å². The van der Waals surface area contributed by atoms with Crippen molar-refractivity contribution in [2.45, 2.75) is 18.9 Å². The number of hydrogen-bond acceptors (Lipinski definition) is 7. The first-order chi connectivity index (χ1) is 17.1. The Labute approximate surface area is 203 Å². The molecule has 0 saturated carbocycles. The summed E-state index contributed by atoms with van der Waals surface area (Å²) in [5.74, 6) is 2.66. The summed E-state index contributed by atoms with van der Waals surface area (Å²) in [6.07, 6.45) is 0.281. The van der Waals surface area contributed by atoms with Gasteiger partial charge >= 0.3 is 0 Å². The number of hydrogen-bond donors (Lipinski definition) is 0. The maximum atomic E-state index is 12.8. The van der Waals surface area contributed by atoms with Crippen LogP contribution in [0.4, 0.5) is 5.69 Å². The summed E-state index contributed by atoms with van der Waals surface area (Å²) >= 11 is 0. The summed E-state index contributed by atoms with van der Waals surface area (Å²) in [4.78, 5) is 19.1. The topological polar surface area (TPSA) is 86.9 Å². The molecule has 4 aromatic rings. The maximum absolute atomic E-state index is 12.8. The number of ether oxygens (including phenoxy) is 3. The average Bonchev–Trinajstić information content (AvgIpc) is 3.55. The molecule has 0 aliphatic carbocycles. The molecule has 1 atom stereocenters. The first-order valence-electron chi connectivity index (χ1n) is 11.3. The number of anilines is 1. The summed E-state index contributed by atoms with van der Waals surface area (Å²) in [5.41, 5.74) is 2.60. The van der Waals surface area contributed by atoms with Gasteiger partial charge in [0.1, 0.15) is 23.9 Å². The molecule has 1 amide bonds. The predicted octanol–water partition coefficient (Wildman–Crippen LogP) is 4.85. The average molecular weight is 472 g/mol. The third-order valence-corrected chi connectivity index (χ3v) is 5.95. The lowest BCUT2D eigenvalue weighted by Gasteiger charge is -2.19. The highest BCUT2D eigenvalue weighted by molar-refractivity contribution is 5.97. The standard InChI is InChI=1S/C27H25N3O5/c1-32-22-12-13-23(24(15-22)33-2)30-16-20(14-25(30)31)27-28-26(29-35-27)19-8-10-21(11-9-19)34-17-18-6-4-3-5-7-18/h3-13,15,20H,14,16-17H2,1-2H3. The number of benzene rings is 3. The van der Waals surface area contributed by atoms with Gasteiger partial charge in [0.2, 0.25) is 17.6 Å². The van der Waals surface area contributed by atoms with Crippen molar-refractivity contribution in [3.8, 4) is 28.6 Å². The molecule has 5 rings (SSSR count). The fourth-order valence-electron chi connectivity index (χ4n) is 4.07. The number of methoxy groups -OCH3 is 2. The quantitative estimate of drug-likeness (QED) is 0.363. The highest BCUT2D eigenvalue weighted by Gasteiger charge is 2.36. The van der Waals surface area contributed by atoms with Crippen molar-refractivity contribution in [2.75, 3.05) is 25.7 Å². The molecule has 1 aliphatic heterocycles. The smallest absolute Gasteiger partial charge is 0.232 e. The normalized spacial score (nSPS) is 15.3. The third-order valence-electron chi connectivity index (χ3n) is 5.95. The van der Waals surface area contributed by atoms with Gasteiger partial charge in [0.05, 0.1) is 25.8 Å². The molecular weight excluding hydrogens is 446 g/mol. The fourth-order valence-corrected chi connectivity index (χ4v) is 4.07. The molecule has 0 bridgehead atoms. The molecule has 1 unspecified atom stereocenters. The summed E-state index contributed by atoms with van der Waals surface area (Å²) in [5, 5.41) is 4.14. The van der Waals surface area contributed by atoms with E-state index < -0.39 is 0 Å². The molecule has 8 heteroatoms. The summed E-state index contributed by atoms with van der Waals surface area (Å²) in [6.45, 7) is 0.924. The minimum Gasteiger partial charge on any atom is -0.497 e. The minimum absolute atomic E-state index is 0.0295. The minimum atomic E-state index is -0.205. The SMILES string of the molecule is COc1ccc(N2CC(c3nc(-c4ccc(OCc5ccccc5)cc4)no3)CC2=O)c(OC)c1. The zero-order valence-corrected chi connectivity index (χ0v) is 19.5. The van der Waals surface area contributed by atoms with Crippen molar-refractivity contribution in [3.05, 3.63) is 84.3 Å². The number of carbonyl (C=O) groups excluding carboxylic acids is 1. The zero-order valence-electron chi connectivity index (χ0n) is 19.5. The van der Waals surface area contributed by atoms with Crippen LogP contribution in [0.5, 0.6) is 17.2 Å². The molecule has 2 heterocycles. The molecule has 1 saturated heterocycles. The van der Waals surface area contributed by atoms with E-state index >= 15 is 0 Å². The van der Waals surface area contributed by atoms with E-state index in [0.29, 0.717) is 42.1 Å². The maximum Gasteiger partial charge on any atom is 0.232 e. The van der Waals surface area contributed by atoms with Gasteiger partial charge in [-0.25, -0.2) is 0 Å². The van der Waals surface area contributed by atoms with Crippen molar-refractivity contribution < 1.29 is 23.5 Å². The highest BCUT2D eigenvalue weighted by Crippen LogP contribution is 2.38. The van der Waals surface area contributed by atoms with Crippen molar-refractivity contribution in [2.24, 2.45) is 0 Å². The summed E-state index contributed by atoms with van der Waals surface area (Å²) in [6, 6.07) is 22.9. The van der Waals surface area contributed by atoms with E-state index in [1.54, 1.807) is 31.3 Å². The van der Waals surface area contributed by atoms with E-state index in [-0.39, 0.29) is 18.2 Å². The van der Waals surface area contributed by atoms with Crippen LogP contribution >= 0.6 is 0 Å². The molecule has 1 aromatic heterocycles. The first kappa shape index (κ1) is 22.5. The van der Waals surface area contributed by atoms with E-state index in [1.807, 2.05) is 60.7 Å². The fraction of sp³-hybridized carbons (Fsp3) is 0.222. The Hall–Kier alpha value is -4.33. The molecule has 0 radical (unpaired) electrons. The molecule has 8 nitrogen and oxygen atoms in total. The molecule has 3 aromatic carbocycles. The van der Waals surface area contributed by atoms with Crippen LogP contribution in [0, 0.1) is 0 Å². The lowest BCUT2D eigenvalue weighted by atomic mass is 10.1. The Morgan fingerprint density at radius 1 is 0.971 bits per heavy atom. The number of amides is 1. The molecule has 1 aliphatic rings. The van der Waals surface area contributed by atoms with Crippen LogP contribution in [-0.2, 0) is 11.4 Å². The zero-order chi connectivity index (χ0) is 24.2. The molecule has 0 spiro atoms. The van der Waals surface area contributed by atoms with Crippen LogP contribution in [0.2, 0.25) is 0 Å². The lowest BCUT2D eigenvalue weighted by Crippen LogP contribution is -2.24. The Morgan fingerprint density at radius 3 is 2.49 bits per heavy atom. The second kappa shape index (κ2) is 9.89. The summed E-state index contributed by atoms with van der Waals surface area (Å²) < 4.78 is 22.1. The van der Waals surface area contributed by atoms with Gasteiger partial charge in [0.25, 0.3) is 0 Å². The van der Waals surface area contributed by atoms with Gasteiger partial charge in [-0.15, -0.1) is 0 Å². The van der Waals surface area contributed by atoms with E-state index in [9.17, 15) is 4.79 Å². The van der Waals surface area contributed by atoms with Crippen molar-refractivity contribution in [3.63, 3.8) is 0 Å². The third kappa shape index (κ3) is 4.82. The van der Waals surface area contributed by atoms with E-state index in [4.69, 9.17) is 18.7 Å². The number of nitrogens with zero attached hydrogens (tertiary/aromatic N) is 3. The molecule has 1 fully saturated rings. The number of aromatic nitrogens is 2. The second-order valence-electron chi connectivity index (χ2n) is 8.20. The van der Waals surface area contributed by atoms with Gasteiger partial charge < -0.3 is 23.6 Å². The van der Waals surface area contributed by atoms with Gasteiger partial charge in [-0.1, -0.05) is 35.5 Å². The first-order valence-corrected chi connectivity index (χ1v) is 11.3. The van der Waals surface area contributed by atoms with Crippen LogP contribution in [0.25, 0.3) is 11.4 Å². The molecule has 178 valence electrons. The molecule has 35 heavy (non-hydrogen) atoms. The number of carbonyl (C=O) groups is 1. The molecule has 0 N–H and O–H groups in total. The predicted molar refractivity (Wildman–Crippen MR) is 130 cm³/mol. The Bertz CT molecular complexity index is 1300.